The van der Waals surface area contributed by atoms with Crippen LogP contribution < -0.4 is 4.74 Å². The Morgan fingerprint density at radius 3 is 2.94 bits per heavy atom. The van der Waals surface area contributed by atoms with Gasteiger partial charge < -0.3 is 4.74 Å². The molecule has 2 rings (SSSR count). The maximum atomic E-state index is 5.72. The van der Waals surface area contributed by atoms with Crippen molar-refractivity contribution < 1.29 is 4.74 Å². The van der Waals surface area contributed by atoms with Gasteiger partial charge in [0, 0.05) is 17.5 Å². The number of pyridine rings is 1. The third kappa shape index (κ3) is 2.64. The van der Waals surface area contributed by atoms with E-state index in [0.717, 1.165) is 29.5 Å². The van der Waals surface area contributed by atoms with Crippen LogP contribution in [-0.4, -0.2) is 17.5 Å². The monoisotopic (exact) mass is 235 g/mol. The summed E-state index contributed by atoms with van der Waals surface area (Å²) in [5, 5.41) is 1.07. The van der Waals surface area contributed by atoms with Gasteiger partial charge in [-0.1, -0.05) is 6.07 Å². The number of nitrogens with zero attached hydrogens (tertiary/aromatic N) is 1. The molecule has 0 aliphatic heterocycles. The van der Waals surface area contributed by atoms with Gasteiger partial charge in [0.15, 0.2) is 0 Å². The summed E-state index contributed by atoms with van der Waals surface area (Å²) < 4.78 is 5.72. The van der Waals surface area contributed by atoms with Gasteiger partial charge in [-0.05, 0) is 37.1 Å². The fraction of sp³-hybridized carbons (Fsp3) is 0.308. The first-order chi connectivity index (χ1) is 7.92. The topological polar surface area (TPSA) is 22.1 Å². The second kappa shape index (κ2) is 5.71. The Labute approximate surface area is 100 Å². The summed E-state index contributed by atoms with van der Waals surface area (Å²) in [5.74, 6) is 1.60. The molecule has 1 aromatic carbocycles. The van der Waals surface area contributed by atoms with E-state index in [4.69, 9.17) is 16.3 Å². The van der Waals surface area contributed by atoms with E-state index in [0.29, 0.717) is 12.5 Å². The predicted molar refractivity (Wildman–Crippen MR) is 67.2 cm³/mol. The molecule has 0 amide bonds. The van der Waals surface area contributed by atoms with Gasteiger partial charge in [-0.15, -0.1) is 11.6 Å². The van der Waals surface area contributed by atoms with Crippen molar-refractivity contribution in [1.29, 1.82) is 0 Å². The van der Waals surface area contributed by atoms with Crippen LogP contribution in [0.5, 0.6) is 5.75 Å². The molecule has 0 aliphatic carbocycles. The third-order valence-electron chi connectivity index (χ3n) is 2.39. The van der Waals surface area contributed by atoms with Gasteiger partial charge in [-0.3, -0.25) is 4.98 Å². The first kappa shape index (κ1) is 11.2. The van der Waals surface area contributed by atoms with Crippen LogP contribution in [0, 0.1) is 0 Å². The molecule has 0 aliphatic rings. The fourth-order valence-electron chi connectivity index (χ4n) is 1.58. The lowest BCUT2D eigenvalue weighted by Crippen LogP contribution is -1.98. The first-order valence-corrected chi connectivity index (χ1v) is 5.98. The van der Waals surface area contributed by atoms with Crippen LogP contribution in [0.1, 0.15) is 12.8 Å². The molecule has 0 saturated carbocycles. The van der Waals surface area contributed by atoms with Gasteiger partial charge in [0.25, 0.3) is 0 Å². The Kier molecular flexibility index (Phi) is 4.00. The van der Waals surface area contributed by atoms with E-state index < -0.39 is 0 Å². The molecule has 0 bridgehead atoms. The van der Waals surface area contributed by atoms with Gasteiger partial charge in [-0.25, -0.2) is 0 Å². The summed E-state index contributed by atoms with van der Waals surface area (Å²) in [6.45, 7) is 0.709. The van der Waals surface area contributed by atoms with E-state index in [1.807, 2.05) is 30.3 Å². The maximum absolute atomic E-state index is 5.72. The molecule has 2 nitrogen and oxygen atoms in total. The first-order valence-electron chi connectivity index (χ1n) is 5.44. The molecule has 0 atom stereocenters. The summed E-state index contributed by atoms with van der Waals surface area (Å²) in [6.07, 6.45) is 3.77. The molecule has 3 heteroatoms. The standard InChI is InChI=1S/C13H14ClNO/c14-8-1-2-10-16-13-7-3-6-12-11(13)5-4-9-15-12/h3-7,9H,1-2,8,10H2. The van der Waals surface area contributed by atoms with Gasteiger partial charge in [0.05, 0.1) is 12.1 Å². The largest absolute Gasteiger partial charge is 0.493 e. The van der Waals surface area contributed by atoms with Gasteiger partial charge >= 0.3 is 0 Å². The molecule has 0 radical (unpaired) electrons. The molecule has 0 saturated heterocycles. The lowest BCUT2D eigenvalue weighted by Gasteiger charge is -2.08. The Balaban J connectivity index is 2.11. The molecule has 2 aromatic rings. The van der Waals surface area contributed by atoms with Crippen molar-refractivity contribution >= 4 is 22.5 Å². The van der Waals surface area contributed by atoms with Crippen molar-refractivity contribution in [3.63, 3.8) is 0 Å². The van der Waals surface area contributed by atoms with Crippen LogP contribution in [0.3, 0.4) is 0 Å². The predicted octanol–water partition coefficient (Wildman–Crippen LogP) is 3.63. The molecule has 84 valence electrons. The SMILES string of the molecule is ClCCCCOc1cccc2ncccc12. The van der Waals surface area contributed by atoms with Crippen LogP contribution in [0.2, 0.25) is 0 Å². The molecule has 1 aromatic heterocycles. The number of benzene rings is 1. The van der Waals surface area contributed by atoms with Crippen LogP contribution in [-0.2, 0) is 0 Å². The van der Waals surface area contributed by atoms with Crippen molar-refractivity contribution in [2.24, 2.45) is 0 Å². The minimum Gasteiger partial charge on any atom is -0.493 e. The van der Waals surface area contributed by atoms with E-state index in [2.05, 4.69) is 4.98 Å². The molecule has 0 N–H and O–H groups in total. The minimum atomic E-state index is 0.695. The van der Waals surface area contributed by atoms with Crippen LogP contribution in [0.25, 0.3) is 10.9 Å². The second-order valence-electron chi connectivity index (χ2n) is 3.57. The lowest BCUT2D eigenvalue weighted by molar-refractivity contribution is 0.313. The van der Waals surface area contributed by atoms with E-state index in [-0.39, 0.29) is 0 Å². The van der Waals surface area contributed by atoms with Gasteiger partial charge in [0.1, 0.15) is 5.75 Å². The highest BCUT2D eigenvalue weighted by atomic mass is 35.5. The van der Waals surface area contributed by atoms with Gasteiger partial charge in [0.2, 0.25) is 0 Å². The second-order valence-corrected chi connectivity index (χ2v) is 3.95. The number of rotatable bonds is 5. The highest BCUT2D eigenvalue weighted by Crippen LogP contribution is 2.23. The van der Waals surface area contributed by atoms with Crippen molar-refractivity contribution in [3.05, 3.63) is 36.5 Å². The van der Waals surface area contributed by atoms with Crippen molar-refractivity contribution in [2.45, 2.75) is 12.8 Å². The number of unbranched alkanes of at least 4 members (excludes halogenated alkanes) is 1. The third-order valence-corrected chi connectivity index (χ3v) is 2.66. The number of hydrogen-bond donors (Lipinski definition) is 0. The number of fused-ring (bicyclic) bond motifs is 1. The maximum Gasteiger partial charge on any atom is 0.128 e. The number of halogens is 1. The van der Waals surface area contributed by atoms with E-state index in [9.17, 15) is 0 Å². The zero-order valence-electron chi connectivity index (χ0n) is 9.03. The zero-order chi connectivity index (χ0) is 11.2. The lowest BCUT2D eigenvalue weighted by atomic mass is 10.2. The summed E-state index contributed by atoms with van der Waals surface area (Å²) >= 11 is 5.61. The van der Waals surface area contributed by atoms with Crippen molar-refractivity contribution in [3.8, 4) is 5.75 Å². The number of hydrogen-bond acceptors (Lipinski definition) is 2. The number of alkyl halides is 1. The summed E-state index contributed by atoms with van der Waals surface area (Å²) in [5.41, 5.74) is 0.970. The van der Waals surface area contributed by atoms with Crippen LogP contribution in [0.4, 0.5) is 0 Å². The fourth-order valence-corrected chi connectivity index (χ4v) is 1.77. The summed E-state index contributed by atoms with van der Waals surface area (Å²) in [4.78, 5) is 4.29. The average molecular weight is 236 g/mol. The summed E-state index contributed by atoms with van der Waals surface area (Å²) in [6, 6.07) is 9.88. The van der Waals surface area contributed by atoms with Crippen LogP contribution in [0.15, 0.2) is 36.5 Å². The van der Waals surface area contributed by atoms with Crippen molar-refractivity contribution in [2.75, 3.05) is 12.5 Å². The average Bonchev–Trinajstić information content (AvgIpc) is 2.35. The smallest absolute Gasteiger partial charge is 0.128 e. The molecule has 0 unspecified atom stereocenters. The molecule has 0 fully saturated rings. The van der Waals surface area contributed by atoms with E-state index in [1.54, 1.807) is 6.20 Å². The molecular formula is C13H14ClNO. The Bertz CT molecular complexity index is 453. The highest BCUT2D eigenvalue weighted by molar-refractivity contribution is 6.17. The van der Waals surface area contributed by atoms with E-state index in [1.165, 1.54) is 0 Å². The highest BCUT2D eigenvalue weighted by Gasteiger charge is 2.01. The summed E-state index contributed by atoms with van der Waals surface area (Å²) in [7, 11) is 0. The normalized spacial score (nSPS) is 10.6. The zero-order valence-corrected chi connectivity index (χ0v) is 9.78. The molecule has 1 heterocycles. The Morgan fingerprint density at radius 1 is 1.12 bits per heavy atom. The molecule has 0 spiro atoms. The Morgan fingerprint density at radius 2 is 2.06 bits per heavy atom. The van der Waals surface area contributed by atoms with Crippen LogP contribution >= 0.6 is 11.6 Å². The van der Waals surface area contributed by atoms with Gasteiger partial charge in [-0.2, -0.15) is 0 Å². The van der Waals surface area contributed by atoms with E-state index >= 15 is 0 Å². The number of ether oxygens (including phenoxy) is 1. The molecule has 16 heavy (non-hydrogen) atoms. The van der Waals surface area contributed by atoms with Crippen molar-refractivity contribution in [1.82, 2.24) is 4.98 Å². The minimum absolute atomic E-state index is 0.695. The molecular weight excluding hydrogens is 222 g/mol. The quantitative estimate of drug-likeness (QED) is 0.583. The Hall–Kier alpha value is -1.28. The number of aromatic nitrogens is 1.